The van der Waals surface area contributed by atoms with Crippen molar-refractivity contribution in [3.63, 3.8) is 0 Å². The van der Waals surface area contributed by atoms with Gasteiger partial charge in [-0.1, -0.05) is 30.3 Å². The molecule has 1 aromatic carbocycles. The monoisotopic (exact) mass is 247 g/mol. The topological polar surface area (TPSA) is 59.6 Å². The SMILES string of the molecule is CC1OCCC1(C)NC(N)=NCc1ccccc1. The molecule has 0 amide bonds. The summed E-state index contributed by atoms with van der Waals surface area (Å²) in [6.07, 6.45) is 1.11. The summed E-state index contributed by atoms with van der Waals surface area (Å²) in [5.41, 5.74) is 6.98. The zero-order chi connectivity index (χ0) is 13.0. The van der Waals surface area contributed by atoms with Crippen molar-refractivity contribution in [2.45, 2.75) is 38.5 Å². The normalized spacial score (nSPS) is 28.3. The lowest BCUT2D eigenvalue weighted by Gasteiger charge is -2.29. The maximum Gasteiger partial charge on any atom is 0.189 e. The van der Waals surface area contributed by atoms with E-state index < -0.39 is 0 Å². The standard InChI is InChI=1S/C14H21N3O/c1-11-14(2,8-9-18-11)17-13(15)16-10-12-6-4-3-5-7-12/h3-7,11H,8-10H2,1-2H3,(H3,15,16,17). The van der Waals surface area contributed by atoms with E-state index in [4.69, 9.17) is 10.5 Å². The number of hydrogen-bond acceptors (Lipinski definition) is 2. The molecule has 1 aliphatic rings. The first-order valence-corrected chi connectivity index (χ1v) is 6.34. The largest absolute Gasteiger partial charge is 0.376 e. The van der Waals surface area contributed by atoms with Crippen molar-refractivity contribution in [1.29, 1.82) is 0 Å². The van der Waals surface area contributed by atoms with Crippen molar-refractivity contribution < 1.29 is 4.74 Å². The highest BCUT2D eigenvalue weighted by molar-refractivity contribution is 5.78. The van der Waals surface area contributed by atoms with E-state index in [0.717, 1.165) is 18.6 Å². The van der Waals surface area contributed by atoms with Crippen LogP contribution in [0, 0.1) is 0 Å². The molecule has 2 unspecified atom stereocenters. The lowest BCUT2D eigenvalue weighted by molar-refractivity contribution is 0.0947. The van der Waals surface area contributed by atoms with Gasteiger partial charge in [-0.15, -0.1) is 0 Å². The van der Waals surface area contributed by atoms with E-state index in [1.807, 2.05) is 30.3 Å². The molecule has 1 saturated heterocycles. The number of ether oxygens (including phenoxy) is 1. The maximum absolute atomic E-state index is 5.93. The molecule has 1 aliphatic heterocycles. The summed E-state index contributed by atoms with van der Waals surface area (Å²) < 4.78 is 5.56. The number of aliphatic imine (C=N–C) groups is 1. The quantitative estimate of drug-likeness (QED) is 0.631. The third-order valence-electron chi connectivity index (χ3n) is 3.57. The van der Waals surface area contributed by atoms with Crippen LogP contribution >= 0.6 is 0 Å². The van der Waals surface area contributed by atoms with Gasteiger partial charge in [0.15, 0.2) is 5.96 Å². The Bertz CT molecular complexity index is 418. The average Bonchev–Trinajstić information content (AvgIpc) is 2.68. The number of guanidine groups is 1. The zero-order valence-corrected chi connectivity index (χ0v) is 11.0. The summed E-state index contributed by atoms with van der Waals surface area (Å²) in [7, 11) is 0. The molecule has 4 heteroatoms. The minimum Gasteiger partial charge on any atom is -0.376 e. The summed E-state index contributed by atoms with van der Waals surface area (Å²) in [6.45, 7) is 5.56. The van der Waals surface area contributed by atoms with Crippen molar-refractivity contribution in [1.82, 2.24) is 5.32 Å². The molecule has 1 fully saturated rings. The molecule has 98 valence electrons. The van der Waals surface area contributed by atoms with Crippen LogP contribution in [-0.4, -0.2) is 24.2 Å². The van der Waals surface area contributed by atoms with Crippen LogP contribution in [0.1, 0.15) is 25.8 Å². The lowest BCUT2D eigenvalue weighted by Crippen LogP contribution is -2.53. The van der Waals surface area contributed by atoms with Gasteiger partial charge in [-0.3, -0.25) is 0 Å². The first-order chi connectivity index (χ1) is 8.60. The van der Waals surface area contributed by atoms with E-state index in [1.165, 1.54) is 0 Å². The second-order valence-corrected chi connectivity index (χ2v) is 4.99. The fourth-order valence-electron chi connectivity index (χ4n) is 2.09. The van der Waals surface area contributed by atoms with Gasteiger partial charge in [-0.25, -0.2) is 4.99 Å². The Morgan fingerprint density at radius 2 is 2.22 bits per heavy atom. The van der Waals surface area contributed by atoms with Gasteiger partial charge in [0.25, 0.3) is 0 Å². The Morgan fingerprint density at radius 3 is 2.83 bits per heavy atom. The molecule has 18 heavy (non-hydrogen) atoms. The van der Waals surface area contributed by atoms with E-state index in [2.05, 4.69) is 24.2 Å². The molecule has 0 aromatic heterocycles. The van der Waals surface area contributed by atoms with Crippen molar-refractivity contribution in [3.8, 4) is 0 Å². The van der Waals surface area contributed by atoms with Crippen LogP contribution in [0.3, 0.4) is 0 Å². The maximum atomic E-state index is 5.93. The van der Waals surface area contributed by atoms with Crippen LogP contribution < -0.4 is 11.1 Å². The Hall–Kier alpha value is -1.55. The molecule has 1 aromatic rings. The molecule has 4 nitrogen and oxygen atoms in total. The Balaban J connectivity index is 1.93. The molecule has 0 bridgehead atoms. The van der Waals surface area contributed by atoms with Crippen LogP contribution in [0.4, 0.5) is 0 Å². The van der Waals surface area contributed by atoms with Crippen LogP contribution in [0.25, 0.3) is 0 Å². The molecule has 0 spiro atoms. The van der Waals surface area contributed by atoms with E-state index in [1.54, 1.807) is 0 Å². The molecule has 3 N–H and O–H groups in total. The summed E-state index contributed by atoms with van der Waals surface area (Å²) in [4.78, 5) is 4.37. The molecule has 0 saturated carbocycles. The number of nitrogens with zero attached hydrogens (tertiary/aromatic N) is 1. The Labute approximate surface area is 108 Å². The van der Waals surface area contributed by atoms with Crippen LogP contribution in [0.15, 0.2) is 35.3 Å². The lowest BCUT2D eigenvalue weighted by atomic mass is 9.95. The van der Waals surface area contributed by atoms with Crippen molar-refractivity contribution in [3.05, 3.63) is 35.9 Å². The Kier molecular flexibility index (Phi) is 3.87. The number of hydrogen-bond donors (Lipinski definition) is 2. The van der Waals surface area contributed by atoms with Gasteiger partial charge >= 0.3 is 0 Å². The number of nitrogens with two attached hydrogens (primary N) is 1. The highest BCUT2D eigenvalue weighted by Crippen LogP contribution is 2.24. The fraction of sp³-hybridized carbons (Fsp3) is 0.500. The van der Waals surface area contributed by atoms with Gasteiger partial charge in [0.1, 0.15) is 0 Å². The van der Waals surface area contributed by atoms with E-state index >= 15 is 0 Å². The molecular formula is C14H21N3O. The minimum absolute atomic E-state index is 0.107. The smallest absolute Gasteiger partial charge is 0.189 e. The van der Waals surface area contributed by atoms with Crippen LogP contribution in [0.5, 0.6) is 0 Å². The fourth-order valence-corrected chi connectivity index (χ4v) is 2.09. The van der Waals surface area contributed by atoms with Gasteiger partial charge in [-0.2, -0.15) is 0 Å². The zero-order valence-electron chi connectivity index (χ0n) is 11.0. The van der Waals surface area contributed by atoms with Gasteiger partial charge in [-0.05, 0) is 25.8 Å². The number of rotatable bonds is 3. The van der Waals surface area contributed by atoms with Crippen molar-refractivity contribution in [2.75, 3.05) is 6.61 Å². The number of benzene rings is 1. The second-order valence-electron chi connectivity index (χ2n) is 4.99. The van der Waals surface area contributed by atoms with Gasteiger partial charge in [0, 0.05) is 6.61 Å². The third-order valence-corrected chi connectivity index (χ3v) is 3.57. The highest BCUT2D eigenvalue weighted by Gasteiger charge is 2.37. The van der Waals surface area contributed by atoms with Crippen LogP contribution in [-0.2, 0) is 11.3 Å². The molecule has 2 rings (SSSR count). The molecule has 2 atom stereocenters. The summed E-state index contributed by atoms with van der Waals surface area (Å²) >= 11 is 0. The predicted molar refractivity (Wildman–Crippen MR) is 73.3 cm³/mol. The Morgan fingerprint density at radius 1 is 1.50 bits per heavy atom. The summed E-state index contributed by atoms with van der Waals surface area (Å²) in [5, 5.41) is 3.28. The predicted octanol–water partition coefficient (Wildman–Crippen LogP) is 1.66. The molecular weight excluding hydrogens is 226 g/mol. The molecule has 1 heterocycles. The molecule has 0 radical (unpaired) electrons. The van der Waals surface area contributed by atoms with E-state index in [-0.39, 0.29) is 11.6 Å². The molecule has 0 aliphatic carbocycles. The van der Waals surface area contributed by atoms with Gasteiger partial charge < -0.3 is 15.8 Å². The minimum atomic E-state index is -0.107. The average molecular weight is 247 g/mol. The first kappa shape index (κ1) is 12.9. The summed E-state index contributed by atoms with van der Waals surface area (Å²) in [5.74, 6) is 0.485. The van der Waals surface area contributed by atoms with Crippen LogP contribution in [0.2, 0.25) is 0 Å². The van der Waals surface area contributed by atoms with Crippen molar-refractivity contribution in [2.24, 2.45) is 10.7 Å². The summed E-state index contributed by atoms with van der Waals surface area (Å²) in [6, 6.07) is 10.1. The number of nitrogens with one attached hydrogen (secondary N) is 1. The van der Waals surface area contributed by atoms with Crippen molar-refractivity contribution >= 4 is 5.96 Å². The van der Waals surface area contributed by atoms with Gasteiger partial charge in [0.05, 0.1) is 18.2 Å². The highest BCUT2D eigenvalue weighted by atomic mass is 16.5. The third kappa shape index (κ3) is 3.01. The van der Waals surface area contributed by atoms with E-state index in [9.17, 15) is 0 Å². The first-order valence-electron chi connectivity index (χ1n) is 6.34. The van der Waals surface area contributed by atoms with Gasteiger partial charge in [0.2, 0.25) is 0 Å². The second kappa shape index (κ2) is 5.40. The van der Waals surface area contributed by atoms with E-state index in [0.29, 0.717) is 12.5 Å².